The minimum absolute atomic E-state index is 0.0530. The maximum Gasteiger partial charge on any atom is 0.375 e. The number of furan rings is 1. The van der Waals surface area contributed by atoms with E-state index in [1.807, 2.05) is 30.3 Å². The van der Waals surface area contributed by atoms with Gasteiger partial charge in [0.2, 0.25) is 5.76 Å². The Kier molecular flexibility index (Phi) is 6.61. The topological polar surface area (TPSA) is 68.5 Å². The molecule has 0 aliphatic rings. The van der Waals surface area contributed by atoms with E-state index in [9.17, 15) is 9.59 Å². The predicted octanol–water partition coefficient (Wildman–Crippen LogP) is 3.90. The third-order valence-electron chi connectivity index (χ3n) is 3.71. The molecular formula is C18H20BrNO4. The SMILES string of the molecule is CC[C@H](CNC(=O)[C@H](C)OC(=O)c1ccc(Br)o1)c1ccccc1. The van der Waals surface area contributed by atoms with E-state index in [2.05, 4.69) is 28.2 Å². The number of amides is 1. The van der Waals surface area contributed by atoms with Crippen LogP contribution in [0.25, 0.3) is 0 Å². The van der Waals surface area contributed by atoms with Crippen molar-refractivity contribution in [1.29, 1.82) is 0 Å². The van der Waals surface area contributed by atoms with E-state index in [1.54, 1.807) is 6.07 Å². The number of halogens is 1. The summed E-state index contributed by atoms with van der Waals surface area (Å²) in [5.41, 5.74) is 1.17. The van der Waals surface area contributed by atoms with E-state index in [0.29, 0.717) is 11.2 Å². The lowest BCUT2D eigenvalue weighted by Gasteiger charge is -2.18. The Bertz CT molecular complexity index is 683. The zero-order valence-corrected chi connectivity index (χ0v) is 15.2. The van der Waals surface area contributed by atoms with Crippen molar-refractivity contribution >= 4 is 27.8 Å². The van der Waals surface area contributed by atoms with E-state index in [-0.39, 0.29) is 17.6 Å². The molecule has 0 bridgehead atoms. The molecule has 0 unspecified atom stereocenters. The molecule has 0 saturated carbocycles. The van der Waals surface area contributed by atoms with Crippen molar-refractivity contribution in [2.75, 3.05) is 6.54 Å². The quantitative estimate of drug-likeness (QED) is 0.724. The van der Waals surface area contributed by atoms with Crippen molar-refractivity contribution in [1.82, 2.24) is 5.32 Å². The van der Waals surface area contributed by atoms with Crippen molar-refractivity contribution in [3.05, 3.63) is 58.5 Å². The summed E-state index contributed by atoms with van der Waals surface area (Å²) in [5.74, 6) is -0.724. The predicted molar refractivity (Wildman–Crippen MR) is 93.8 cm³/mol. The summed E-state index contributed by atoms with van der Waals surface area (Å²) < 4.78 is 10.7. The molecule has 1 heterocycles. The van der Waals surface area contributed by atoms with Crippen LogP contribution in [0.2, 0.25) is 0 Å². The summed E-state index contributed by atoms with van der Waals surface area (Å²) in [5, 5.41) is 2.84. The molecule has 0 radical (unpaired) electrons. The molecule has 0 aliphatic carbocycles. The molecular weight excluding hydrogens is 374 g/mol. The number of rotatable bonds is 7. The normalized spacial score (nSPS) is 13.1. The number of hydrogen-bond acceptors (Lipinski definition) is 4. The smallest absolute Gasteiger partial charge is 0.375 e. The Morgan fingerprint density at radius 3 is 2.50 bits per heavy atom. The molecule has 128 valence electrons. The van der Waals surface area contributed by atoms with Crippen LogP contribution in [0.3, 0.4) is 0 Å². The number of benzene rings is 1. The van der Waals surface area contributed by atoms with E-state index >= 15 is 0 Å². The summed E-state index contributed by atoms with van der Waals surface area (Å²) in [6, 6.07) is 13.1. The number of hydrogen-bond donors (Lipinski definition) is 1. The van der Waals surface area contributed by atoms with E-state index in [4.69, 9.17) is 9.15 Å². The number of nitrogens with one attached hydrogen (secondary N) is 1. The van der Waals surface area contributed by atoms with Crippen LogP contribution in [-0.4, -0.2) is 24.5 Å². The summed E-state index contributed by atoms with van der Waals surface area (Å²) in [6.07, 6.45) is 0.00783. The highest BCUT2D eigenvalue weighted by molar-refractivity contribution is 9.10. The standard InChI is InChI=1S/C18H20BrNO4/c1-3-13(14-7-5-4-6-8-14)11-20-17(21)12(2)23-18(22)15-9-10-16(19)24-15/h4-10,12-13H,3,11H2,1-2H3,(H,20,21)/t12-,13+/m0/s1. The number of esters is 1. The molecule has 0 spiro atoms. The molecule has 1 amide bonds. The van der Waals surface area contributed by atoms with Crippen LogP contribution in [0.4, 0.5) is 0 Å². The van der Waals surface area contributed by atoms with Crippen molar-refractivity contribution in [2.45, 2.75) is 32.3 Å². The molecule has 5 nitrogen and oxygen atoms in total. The van der Waals surface area contributed by atoms with Crippen LogP contribution in [0, 0.1) is 0 Å². The first-order valence-electron chi connectivity index (χ1n) is 7.80. The van der Waals surface area contributed by atoms with Crippen molar-refractivity contribution < 1.29 is 18.7 Å². The number of ether oxygens (including phenoxy) is 1. The average molecular weight is 394 g/mol. The molecule has 1 aromatic carbocycles. The summed E-state index contributed by atoms with van der Waals surface area (Å²) >= 11 is 3.11. The second-order valence-corrected chi connectivity index (χ2v) is 6.19. The molecule has 0 aliphatic heterocycles. The van der Waals surface area contributed by atoms with E-state index in [1.165, 1.54) is 18.6 Å². The zero-order valence-electron chi connectivity index (χ0n) is 13.6. The lowest BCUT2D eigenvalue weighted by Crippen LogP contribution is -2.37. The molecule has 0 saturated heterocycles. The van der Waals surface area contributed by atoms with Crippen molar-refractivity contribution in [3.8, 4) is 0 Å². The van der Waals surface area contributed by atoms with Gasteiger partial charge in [-0.05, 0) is 47.0 Å². The Hall–Kier alpha value is -2.08. The number of carbonyl (C=O) groups is 2. The van der Waals surface area contributed by atoms with Gasteiger partial charge in [-0.1, -0.05) is 37.3 Å². The highest BCUT2D eigenvalue weighted by Crippen LogP contribution is 2.18. The van der Waals surface area contributed by atoms with Gasteiger partial charge in [0.05, 0.1) is 0 Å². The first-order valence-corrected chi connectivity index (χ1v) is 8.59. The molecule has 6 heteroatoms. The van der Waals surface area contributed by atoms with Crippen LogP contribution >= 0.6 is 15.9 Å². The van der Waals surface area contributed by atoms with Gasteiger partial charge in [0.15, 0.2) is 10.8 Å². The molecule has 0 fully saturated rings. The van der Waals surface area contributed by atoms with E-state index in [0.717, 1.165) is 6.42 Å². The fourth-order valence-electron chi connectivity index (χ4n) is 2.29. The first-order chi connectivity index (χ1) is 11.5. The Morgan fingerprint density at radius 1 is 1.21 bits per heavy atom. The Labute approximate surface area is 149 Å². The van der Waals surface area contributed by atoms with Gasteiger partial charge >= 0.3 is 5.97 Å². The molecule has 1 aromatic heterocycles. The maximum atomic E-state index is 12.1. The average Bonchev–Trinajstić information content (AvgIpc) is 3.02. The summed E-state index contributed by atoms with van der Waals surface area (Å²) in [4.78, 5) is 24.0. The highest BCUT2D eigenvalue weighted by Gasteiger charge is 2.21. The maximum absolute atomic E-state index is 12.1. The van der Waals surface area contributed by atoms with Crippen LogP contribution in [0.1, 0.15) is 42.3 Å². The van der Waals surface area contributed by atoms with Gasteiger partial charge in [-0.2, -0.15) is 0 Å². The first kappa shape index (κ1) is 18.3. The third-order valence-corrected chi connectivity index (χ3v) is 4.14. The van der Waals surface area contributed by atoms with Crippen molar-refractivity contribution in [2.24, 2.45) is 0 Å². The van der Waals surface area contributed by atoms with Crippen molar-refractivity contribution in [3.63, 3.8) is 0 Å². The van der Waals surface area contributed by atoms with Crippen LogP contribution in [-0.2, 0) is 9.53 Å². The highest BCUT2D eigenvalue weighted by atomic mass is 79.9. The van der Waals surface area contributed by atoms with E-state index < -0.39 is 12.1 Å². The molecule has 24 heavy (non-hydrogen) atoms. The van der Waals surface area contributed by atoms with Gasteiger partial charge in [-0.25, -0.2) is 4.79 Å². The molecule has 2 atom stereocenters. The van der Waals surface area contributed by atoms with Crippen LogP contribution in [0.15, 0.2) is 51.6 Å². The lowest BCUT2D eigenvalue weighted by molar-refractivity contribution is -0.129. The second-order valence-electron chi connectivity index (χ2n) is 5.41. The van der Waals surface area contributed by atoms with Crippen LogP contribution in [0.5, 0.6) is 0 Å². The third kappa shape index (κ3) is 4.96. The summed E-state index contributed by atoms with van der Waals surface area (Å²) in [6.45, 7) is 4.10. The lowest BCUT2D eigenvalue weighted by atomic mass is 9.96. The van der Waals surface area contributed by atoms with Gasteiger partial charge in [0, 0.05) is 12.5 Å². The zero-order chi connectivity index (χ0) is 17.5. The number of carbonyl (C=O) groups excluding carboxylic acids is 2. The van der Waals surface area contributed by atoms with Gasteiger partial charge < -0.3 is 14.5 Å². The minimum Gasteiger partial charge on any atom is -0.447 e. The fraction of sp³-hybridized carbons (Fsp3) is 0.333. The molecule has 1 N–H and O–H groups in total. The Balaban J connectivity index is 1.86. The largest absolute Gasteiger partial charge is 0.447 e. The Morgan fingerprint density at radius 2 is 1.92 bits per heavy atom. The fourth-order valence-corrected chi connectivity index (χ4v) is 2.59. The molecule has 2 aromatic rings. The van der Waals surface area contributed by atoms with Gasteiger partial charge in [-0.3, -0.25) is 4.79 Å². The second kappa shape index (κ2) is 8.68. The van der Waals surface area contributed by atoms with Gasteiger partial charge in [0.25, 0.3) is 5.91 Å². The molecule has 2 rings (SSSR count). The van der Waals surface area contributed by atoms with Crippen LogP contribution < -0.4 is 5.32 Å². The summed E-state index contributed by atoms with van der Waals surface area (Å²) in [7, 11) is 0. The minimum atomic E-state index is -0.894. The monoisotopic (exact) mass is 393 g/mol. The van der Waals surface area contributed by atoms with Gasteiger partial charge in [0.1, 0.15) is 0 Å². The van der Waals surface area contributed by atoms with Gasteiger partial charge in [-0.15, -0.1) is 0 Å².